The van der Waals surface area contributed by atoms with Crippen molar-refractivity contribution in [3.63, 3.8) is 0 Å². The first-order chi connectivity index (χ1) is 8.86. The Kier molecular flexibility index (Phi) is 5.65. The number of aliphatic hydroxyl groups is 1. The van der Waals surface area contributed by atoms with Crippen molar-refractivity contribution >= 4 is 35.2 Å². The van der Waals surface area contributed by atoms with Gasteiger partial charge >= 0.3 is 5.97 Å². The molecule has 0 aliphatic heterocycles. The van der Waals surface area contributed by atoms with Crippen LogP contribution in [0.5, 0.6) is 0 Å². The first-order valence-corrected chi connectivity index (χ1v) is 7.02. The number of hydrogen-bond donors (Lipinski definition) is 3. The molecule has 2 atom stereocenters. The second kappa shape index (κ2) is 6.79. The summed E-state index contributed by atoms with van der Waals surface area (Å²) in [5.41, 5.74) is 0.181. The Bertz CT molecular complexity index is 493. The first kappa shape index (κ1) is 15.8. The van der Waals surface area contributed by atoms with E-state index in [0.29, 0.717) is 0 Å². The Morgan fingerprint density at radius 1 is 1.42 bits per heavy atom. The van der Waals surface area contributed by atoms with Gasteiger partial charge in [0.05, 0.1) is 16.7 Å². The van der Waals surface area contributed by atoms with E-state index in [4.69, 9.17) is 16.7 Å². The Morgan fingerprint density at radius 2 is 2.05 bits per heavy atom. The number of thioether (sulfide) groups is 1. The maximum absolute atomic E-state index is 12.0. The largest absolute Gasteiger partial charge is 0.480 e. The molecule has 1 rings (SSSR count). The molecule has 0 saturated carbocycles. The number of aliphatic carboxylic acids is 1. The third-order valence-corrected chi connectivity index (χ3v) is 3.51. The van der Waals surface area contributed by atoms with Crippen LogP contribution in [0, 0.1) is 0 Å². The smallest absolute Gasteiger partial charge is 0.328 e. The number of hydrogen-bond acceptors (Lipinski definition) is 4. The van der Waals surface area contributed by atoms with Crippen LogP contribution in [0.15, 0.2) is 23.1 Å². The van der Waals surface area contributed by atoms with E-state index < -0.39 is 24.0 Å². The predicted octanol–water partition coefficient (Wildman–Crippen LogP) is 1.63. The highest BCUT2D eigenvalue weighted by molar-refractivity contribution is 7.98. The van der Waals surface area contributed by atoms with Gasteiger partial charge in [-0.05, 0) is 31.4 Å². The summed E-state index contributed by atoms with van der Waals surface area (Å²) in [6, 6.07) is 3.53. The van der Waals surface area contributed by atoms with Crippen LogP contribution in [-0.2, 0) is 4.79 Å². The molecule has 1 aromatic carbocycles. The summed E-state index contributed by atoms with van der Waals surface area (Å²) in [6.45, 7) is 1.29. The van der Waals surface area contributed by atoms with Crippen LogP contribution in [0.2, 0.25) is 5.02 Å². The molecule has 0 heterocycles. The van der Waals surface area contributed by atoms with Crippen LogP contribution in [-0.4, -0.2) is 40.5 Å². The highest BCUT2D eigenvalue weighted by atomic mass is 35.5. The van der Waals surface area contributed by atoms with Crippen LogP contribution in [0.3, 0.4) is 0 Å². The van der Waals surface area contributed by atoms with Gasteiger partial charge in [-0.15, -0.1) is 11.8 Å². The van der Waals surface area contributed by atoms with E-state index in [0.717, 1.165) is 4.90 Å². The van der Waals surface area contributed by atoms with E-state index in [1.807, 2.05) is 6.26 Å². The molecule has 0 saturated heterocycles. The Labute approximate surface area is 120 Å². The van der Waals surface area contributed by atoms with Crippen molar-refractivity contribution < 1.29 is 19.8 Å². The maximum atomic E-state index is 12.0. The second-order valence-corrected chi connectivity index (χ2v) is 5.16. The summed E-state index contributed by atoms with van der Waals surface area (Å²) < 4.78 is 0. The van der Waals surface area contributed by atoms with Crippen LogP contribution < -0.4 is 5.32 Å². The summed E-state index contributed by atoms with van der Waals surface area (Å²) >= 11 is 7.35. The fourth-order valence-corrected chi connectivity index (χ4v) is 2.06. The molecule has 0 aliphatic rings. The van der Waals surface area contributed by atoms with Gasteiger partial charge in [0.2, 0.25) is 0 Å². The SMILES string of the molecule is CSc1ccc(Cl)c(C(=O)N[C@H](C(=O)O)[C@H](C)O)c1. The minimum atomic E-state index is -1.37. The molecule has 0 spiro atoms. The molecule has 0 aliphatic carbocycles. The van der Waals surface area contributed by atoms with Crippen molar-refractivity contribution in [3.05, 3.63) is 28.8 Å². The molecule has 0 unspecified atom stereocenters. The normalized spacial score (nSPS) is 13.7. The summed E-state index contributed by atoms with van der Waals surface area (Å²) in [5, 5.41) is 20.7. The number of aliphatic hydroxyl groups excluding tert-OH is 1. The van der Waals surface area contributed by atoms with Gasteiger partial charge in [0.1, 0.15) is 0 Å². The number of nitrogens with one attached hydrogen (secondary N) is 1. The van der Waals surface area contributed by atoms with Crippen molar-refractivity contribution in [2.75, 3.05) is 6.26 Å². The van der Waals surface area contributed by atoms with Gasteiger partial charge in [-0.3, -0.25) is 4.79 Å². The van der Waals surface area contributed by atoms with Gasteiger partial charge in [0.25, 0.3) is 5.91 Å². The van der Waals surface area contributed by atoms with Crippen molar-refractivity contribution in [1.29, 1.82) is 0 Å². The van der Waals surface area contributed by atoms with Crippen LogP contribution in [0.25, 0.3) is 0 Å². The van der Waals surface area contributed by atoms with Crippen LogP contribution in [0.4, 0.5) is 0 Å². The number of benzene rings is 1. The summed E-state index contributed by atoms with van der Waals surface area (Å²) in [7, 11) is 0. The Hall–Kier alpha value is -1.24. The van der Waals surface area contributed by atoms with Gasteiger partial charge in [0.15, 0.2) is 6.04 Å². The van der Waals surface area contributed by atoms with E-state index in [2.05, 4.69) is 5.32 Å². The van der Waals surface area contributed by atoms with Crippen molar-refractivity contribution in [2.24, 2.45) is 0 Å². The molecule has 104 valence electrons. The monoisotopic (exact) mass is 303 g/mol. The molecule has 3 N–H and O–H groups in total. The summed E-state index contributed by atoms with van der Waals surface area (Å²) in [4.78, 5) is 23.7. The summed E-state index contributed by atoms with van der Waals surface area (Å²) in [6.07, 6.45) is 0.643. The van der Waals surface area contributed by atoms with Crippen molar-refractivity contribution in [1.82, 2.24) is 5.32 Å². The number of rotatable bonds is 5. The first-order valence-electron chi connectivity index (χ1n) is 5.42. The molecule has 0 fully saturated rings. The molecule has 0 aromatic heterocycles. The Morgan fingerprint density at radius 3 is 2.53 bits per heavy atom. The number of halogens is 1. The maximum Gasteiger partial charge on any atom is 0.328 e. The van der Waals surface area contributed by atoms with Crippen molar-refractivity contribution in [2.45, 2.75) is 24.0 Å². The molecule has 0 radical (unpaired) electrons. The predicted molar refractivity (Wildman–Crippen MR) is 73.8 cm³/mol. The standard InChI is InChI=1S/C12H14ClNO4S/c1-6(15)10(12(17)18)14-11(16)8-5-7(19-2)3-4-9(8)13/h3-6,10,15H,1-2H3,(H,14,16)(H,17,18)/t6-,10-/m0/s1. The van der Waals surface area contributed by atoms with Gasteiger partial charge < -0.3 is 15.5 Å². The lowest BCUT2D eigenvalue weighted by molar-refractivity contribution is -0.141. The summed E-state index contributed by atoms with van der Waals surface area (Å²) in [5.74, 6) is -1.94. The van der Waals surface area contributed by atoms with Gasteiger partial charge in [0, 0.05) is 4.90 Å². The third kappa shape index (κ3) is 4.12. The average molecular weight is 304 g/mol. The zero-order chi connectivity index (χ0) is 14.6. The fraction of sp³-hybridized carbons (Fsp3) is 0.333. The van der Waals surface area contributed by atoms with E-state index >= 15 is 0 Å². The van der Waals surface area contributed by atoms with Gasteiger partial charge in [-0.25, -0.2) is 4.79 Å². The van der Waals surface area contributed by atoms with Gasteiger partial charge in [-0.1, -0.05) is 11.6 Å². The number of carbonyl (C=O) groups is 2. The van der Waals surface area contributed by atoms with E-state index in [1.54, 1.807) is 18.2 Å². The minimum Gasteiger partial charge on any atom is -0.480 e. The molecule has 19 heavy (non-hydrogen) atoms. The molecule has 0 bridgehead atoms. The van der Waals surface area contributed by atoms with Crippen LogP contribution >= 0.6 is 23.4 Å². The lowest BCUT2D eigenvalue weighted by atomic mass is 10.1. The van der Waals surface area contributed by atoms with E-state index in [-0.39, 0.29) is 10.6 Å². The number of carboxylic acid groups (broad SMARTS) is 1. The molecular formula is C12H14ClNO4S. The van der Waals surface area contributed by atoms with E-state index in [1.165, 1.54) is 18.7 Å². The molecule has 7 heteroatoms. The lowest BCUT2D eigenvalue weighted by Gasteiger charge is -2.17. The third-order valence-electron chi connectivity index (χ3n) is 2.45. The Balaban J connectivity index is 2.97. The number of carbonyl (C=O) groups excluding carboxylic acids is 1. The molecular weight excluding hydrogens is 290 g/mol. The van der Waals surface area contributed by atoms with Gasteiger partial charge in [-0.2, -0.15) is 0 Å². The van der Waals surface area contributed by atoms with Crippen LogP contribution in [0.1, 0.15) is 17.3 Å². The second-order valence-electron chi connectivity index (χ2n) is 3.88. The zero-order valence-corrected chi connectivity index (χ0v) is 12.0. The fourth-order valence-electron chi connectivity index (χ4n) is 1.41. The minimum absolute atomic E-state index is 0.181. The number of carboxylic acids is 1. The number of amides is 1. The topological polar surface area (TPSA) is 86.6 Å². The quantitative estimate of drug-likeness (QED) is 0.720. The average Bonchev–Trinajstić information content (AvgIpc) is 2.35. The lowest BCUT2D eigenvalue weighted by Crippen LogP contribution is -2.47. The molecule has 1 amide bonds. The highest BCUT2D eigenvalue weighted by Crippen LogP contribution is 2.23. The highest BCUT2D eigenvalue weighted by Gasteiger charge is 2.26. The molecule has 5 nitrogen and oxygen atoms in total. The zero-order valence-electron chi connectivity index (χ0n) is 10.4. The molecule has 1 aromatic rings. The van der Waals surface area contributed by atoms with Crippen molar-refractivity contribution in [3.8, 4) is 0 Å². The van der Waals surface area contributed by atoms with E-state index in [9.17, 15) is 14.7 Å².